The number of hydrogen-bond donors (Lipinski definition) is 2. The number of halogens is 4. The molecule has 1 aliphatic rings. The molecule has 0 amide bonds. The van der Waals surface area contributed by atoms with Crippen molar-refractivity contribution < 1.29 is 13.2 Å². The lowest BCUT2D eigenvalue weighted by Crippen LogP contribution is -2.31. The number of aromatic nitrogens is 4. The van der Waals surface area contributed by atoms with Crippen molar-refractivity contribution in [2.45, 2.75) is 19.1 Å². The molecule has 0 spiro atoms. The maximum absolute atomic E-state index is 12.7. The molecule has 3 aromatic heterocycles. The first-order chi connectivity index (χ1) is 11.8. The second-order valence-corrected chi connectivity index (χ2v) is 6.10. The zero-order chi connectivity index (χ0) is 17.8. The van der Waals surface area contributed by atoms with E-state index in [1.54, 1.807) is 0 Å². The number of pyridine rings is 2. The summed E-state index contributed by atoms with van der Waals surface area (Å²) in [6.07, 6.45) is -3.96. The first kappa shape index (κ1) is 15.9. The number of H-pyrrole nitrogens is 2. The van der Waals surface area contributed by atoms with Gasteiger partial charge in [0.2, 0.25) is 0 Å². The molecule has 0 atom stereocenters. The van der Waals surface area contributed by atoms with Crippen LogP contribution < -0.4 is 10.6 Å². The summed E-state index contributed by atoms with van der Waals surface area (Å²) in [5, 5.41) is -0.192. The molecule has 0 radical (unpaired) electrons. The van der Waals surface area contributed by atoms with Gasteiger partial charge in [-0.05, 0) is 23.8 Å². The third-order valence-electron chi connectivity index (χ3n) is 4.11. The highest BCUT2D eigenvalue weighted by Crippen LogP contribution is 2.34. The topological polar surface area (TPSA) is 77.7 Å². The molecule has 0 bridgehead atoms. The maximum atomic E-state index is 12.7. The van der Waals surface area contributed by atoms with Crippen LogP contribution in [-0.2, 0) is 19.1 Å². The fraction of sp³-hybridized carbons (Fsp3) is 0.267. The predicted octanol–water partition coefficient (Wildman–Crippen LogP) is 2.88. The third-order valence-corrected chi connectivity index (χ3v) is 4.39. The van der Waals surface area contributed by atoms with Gasteiger partial charge in [-0.15, -0.1) is 0 Å². The number of imidazole rings is 1. The molecule has 0 unspecified atom stereocenters. The zero-order valence-corrected chi connectivity index (χ0v) is 13.4. The molecule has 0 fully saturated rings. The van der Waals surface area contributed by atoms with E-state index in [1.165, 1.54) is 6.07 Å². The van der Waals surface area contributed by atoms with Gasteiger partial charge in [-0.2, -0.15) is 13.2 Å². The number of nitrogens with one attached hydrogen (secondary N) is 2. The van der Waals surface area contributed by atoms with Crippen LogP contribution in [0.15, 0.2) is 23.0 Å². The lowest BCUT2D eigenvalue weighted by atomic mass is 10.0. The highest BCUT2D eigenvalue weighted by Gasteiger charge is 2.33. The number of aromatic amines is 2. The Kier molecular flexibility index (Phi) is 3.50. The number of fused-ring (bicyclic) bond motifs is 2. The summed E-state index contributed by atoms with van der Waals surface area (Å²) in [6, 6.07) is 4.06. The van der Waals surface area contributed by atoms with Gasteiger partial charge in [0.15, 0.2) is 10.8 Å². The van der Waals surface area contributed by atoms with Gasteiger partial charge in [0.05, 0.1) is 11.2 Å². The Morgan fingerprint density at radius 3 is 2.72 bits per heavy atom. The fourth-order valence-electron chi connectivity index (χ4n) is 2.95. The largest absolute Gasteiger partial charge is 0.433 e. The Morgan fingerprint density at radius 1 is 1.20 bits per heavy atom. The van der Waals surface area contributed by atoms with Gasteiger partial charge in [0.25, 0.3) is 0 Å². The molecular formula is C15H11ClF3N5O. The second kappa shape index (κ2) is 5.48. The molecule has 0 aromatic carbocycles. The Hall–Kier alpha value is -2.55. The second-order valence-electron chi connectivity index (χ2n) is 5.75. The Labute approximate surface area is 143 Å². The van der Waals surface area contributed by atoms with E-state index >= 15 is 0 Å². The van der Waals surface area contributed by atoms with E-state index < -0.39 is 11.9 Å². The molecule has 130 valence electrons. The van der Waals surface area contributed by atoms with Crippen molar-refractivity contribution >= 4 is 28.5 Å². The van der Waals surface area contributed by atoms with Crippen LogP contribution in [0.2, 0.25) is 5.15 Å². The molecule has 10 heteroatoms. The van der Waals surface area contributed by atoms with Gasteiger partial charge < -0.3 is 9.88 Å². The van der Waals surface area contributed by atoms with Gasteiger partial charge in [-0.3, -0.25) is 4.98 Å². The molecule has 0 saturated heterocycles. The van der Waals surface area contributed by atoms with E-state index in [4.69, 9.17) is 11.6 Å². The number of alkyl halides is 3. The zero-order valence-electron chi connectivity index (χ0n) is 12.6. The van der Waals surface area contributed by atoms with Crippen molar-refractivity contribution in [1.29, 1.82) is 0 Å². The van der Waals surface area contributed by atoms with E-state index in [2.05, 4.69) is 19.9 Å². The van der Waals surface area contributed by atoms with Crippen LogP contribution in [0, 0.1) is 0 Å². The van der Waals surface area contributed by atoms with Crippen molar-refractivity contribution in [2.24, 2.45) is 0 Å². The highest BCUT2D eigenvalue weighted by atomic mass is 35.5. The molecule has 6 nitrogen and oxygen atoms in total. The molecule has 0 saturated carbocycles. The maximum Gasteiger partial charge on any atom is 0.433 e. The van der Waals surface area contributed by atoms with Crippen molar-refractivity contribution in [1.82, 2.24) is 19.9 Å². The quantitative estimate of drug-likeness (QED) is 0.647. The number of anilines is 1. The van der Waals surface area contributed by atoms with Gasteiger partial charge in [-0.25, -0.2) is 14.8 Å². The molecular weight excluding hydrogens is 359 g/mol. The van der Waals surface area contributed by atoms with Crippen LogP contribution in [-0.4, -0.2) is 26.5 Å². The smallest absolute Gasteiger partial charge is 0.364 e. The minimum atomic E-state index is -4.54. The molecule has 2 N–H and O–H groups in total. The Balaban J connectivity index is 1.68. The summed E-state index contributed by atoms with van der Waals surface area (Å²) >= 11 is 5.97. The average Bonchev–Trinajstić information content (AvgIpc) is 2.90. The molecule has 4 rings (SSSR count). The van der Waals surface area contributed by atoms with Crippen molar-refractivity contribution in [3.63, 3.8) is 0 Å². The van der Waals surface area contributed by atoms with Crippen LogP contribution in [0.5, 0.6) is 0 Å². The molecule has 3 aromatic rings. The van der Waals surface area contributed by atoms with Gasteiger partial charge >= 0.3 is 11.9 Å². The predicted molar refractivity (Wildman–Crippen MR) is 85.7 cm³/mol. The number of hydrogen-bond acceptors (Lipinski definition) is 4. The summed E-state index contributed by atoms with van der Waals surface area (Å²) in [4.78, 5) is 26.3. The standard InChI is InChI=1S/C15H11ClF3N5O/c16-12-10(1-2-11(22-12)15(17,18)19)24-4-3-8-7(6-24)5-9-13(20-8)23-14(25)21-9/h1-2,5H,3-4,6H2,(H2,20,21,23,25). The van der Waals surface area contributed by atoms with E-state index in [9.17, 15) is 18.0 Å². The van der Waals surface area contributed by atoms with Crippen molar-refractivity contribution in [3.8, 4) is 0 Å². The first-order valence-electron chi connectivity index (χ1n) is 7.41. The summed E-state index contributed by atoms with van der Waals surface area (Å²) in [7, 11) is 0. The minimum absolute atomic E-state index is 0.192. The van der Waals surface area contributed by atoms with Gasteiger partial charge in [-0.1, -0.05) is 11.6 Å². The fourth-order valence-corrected chi connectivity index (χ4v) is 3.22. The number of nitrogens with zero attached hydrogens (tertiary/aromatic N) is 3. The average molecular weight is 370 g/mol. The third kappa shape index (κ3) is 2.84. The van der Waals surface area contributed by atoms with Gasteiger partial charge in [0.1, 0.15) is 5.69 Å². The van der Waals surface area contributed by atoms with E-state index in [0.29, 0.717) is 36.4 Å². The van der Waals surface area contributed by atoms with Crippen LogP contribution in [0.1, 0.15) is 17.0 Å². The van der Waals surface area contributed by atoms with Gasteiger partial charge in [0, 0.05) is 25.2 Å². The van der Waals surface area contributed by atoms with Crippen LogP contribution in [0.3, 0.4) is 0 Å². The normalized spacial score (nSPS) is 14.8. The van der Waals surface area contributed by atoms with Crippen LogP contribution >= 0.6 is 11.6 Å². The summed E-state index contributed by atoms with van der Waals surface area (Å²) in [6.45, 7) is 0.950. The minimum Gasteiger partial charge on any atom is -0.364 e. The monoisotopic (exact) mass is 369 g/mol. The molecule has 25 heavy (non-hydrogen) atoms. The molecule has 0 aliphatic carbocycles. The summed E-state index contributed by atoms with van der Waals surface area (Å²) in [5.41, 5.74) is 1.88. The van der Waals surface area contributed by atoms with Crippen molar-refractivity contribution in [3.05, 3.63) is 50.8 Å². The Bertz CT molecular complexity index is 1030. The lowest BCUT2D eigenvalue weighted by Gasteiger charge is -2.30. The van der Waals surface area contributed by atoms with E-state index in [1.807, 2.05) is 11.0 Å². The number of rotatable bonds is 1. The van der Waals surface area contributed by atoms with Crippen molar-refractivity contribution in [2.75, 3.05) is 11.4 Å². The first-order valence-corrected chi connectivity index (χ1v) is 7.78. The van der Waals surface area contributed by atoms with E-state index in [0.717, 1.165) is 17.3 Å². The van der Waals surface area contributed by atoms with Crippen LogP contribution in [0.25, 0.3) is 11.2 Å². The molecule has 1 aliphatic heterocycles. The SMILES string of the molecule is O=c1[nH]c2cc3c(nc2[nH]1)CCN(c1ccc(C(F)(F)F)nc1Cl)C3. The Morgan fingerprint density at radius 2 is 2.00 bits per heavy atom. The molecule has 4 heterocycles. The van der Waals surface area contributed by atoms with E-state index in [-0.39, 0.29) is 10.8 Å². The summed E-state index contributed by atoms with van der Waals surface area (Å²) in [5.74, 6) is 0. The van der Waals surface area contributed by atoms with Crippen LogP contribution in [0.4, 0.5) is 18.9 Å². The lowest BCUT2D eigenvalue weighted by molar-refractivity contribution is -0.141. The summed E-state index contributed by atoms with van der Waals surface area (Å²) < 4.78 is 38.1. The highest BCUT2D eigenvalue weighted by molar-refractivity contribution is 6.32.